The Morgan fingerprint density at radius 3 is 0.867 bits per heavy atom. The van der Waals surface area contributed by atoms with Crippen LogP contribution in [-0.2, 0) is 9.13 Å². The summed E-state index contributed by atoms with van der Waals surface area (Å²) in [5, 5.41) is 31.4. The van der Waals surface area contributed by atoms with Gasteiger partial charge in [-0.05, 0) is 0 Å². The molecule has 0 aromatic carbocycles. The molecule has 8 nitrogen and oxygen atoms in total. The normalized spacial score (nSPS) is 11.1. The summed E-state index contributed by atoms with van der Waals surface area (Å²) < 4.78 is 19.8. The molecular formula is C4H12CaO8P2. The van der Waals surface area contributed by atoms with Crippen LogP contribution in [0, 0.1) is 0 Å². The fraction of sp³-hybridized carbons (Fsp3) is 1.00. The number of rotatable bonds is 4. The van der Waals surface area contributed by atoms with Gasteiger partial charge < -0.3 is 39.3 Å². The zero-order valence-electron chi connectivity index (χ0n) is 7.85. The van der Waals surface area contributed by atoms with Gasteiger partial charge in [0.15, 0.2) is 0 Å². The van der Waals surface area contributed by atoms with Crippen LogP contribution in [0.15, 0.2) is 0 Å². The second-order valence-corrected chi connectivity index (χ2v) is 6.58. The Balaban J connectivity index is -0.000000180. The molecule has 0 saturated heterocycles. The minimum atomic E-state index is -3.79. The summed E-state index contributed by atoms with van der Waals surface area (Å²) in [6.07, 6.45) is -3.82. The van der Waals surface area contributed by atoms with Crippen molar-refractivity contribution in [3.63, 3.8) is 0 Å². The number of hydrogen-bond donors (Lipinski definition) is 4. The van der Waals surface area contributed by atoms with Crippen molar-refractivity contribution >= 4 is 52.5 Å². The molecule has 0 fully saturated rings. The molecule has 0 aliphatic carbocycles. The van der Waals surface area contributed by atoms with Gasteiger partial charge in [-0.25, -0.2) is 0 Å². The predicted octanol–water partition coefficient (Wildman–Crippen LogP) is -3.33. The van der Waals surface area contributed by atoms with Gasteiger partial charge in [-0.3, -0.25) is 0 Å². The Labute approximate surface area is 116 Å². The standard InChI is InChI=1S/2C2H7O4P.Ca/c2*3-1-7(5,6)2-4;/h2*3-4H,1-2H2,(H,5,6);/q;;+2/p-2. The van der Waals surface area contributed by atoms with Crippen LogP contribution >= 0.6 is 14.7 Å². The quantitative estimate of drug-likeness (QED) is 0.308. The first-order valence-corrected chi connectivity index (χ1v) is 7.25. The van der Waals surface area contributed by atoms with Crippen LogP contribution < -0.4 is 9.79 Å². The number of aliphatic hydroxyl groups excluding tert-OH is 4. The fourth-order valence-corrected chi connectivity index (χ4v) is 0.268. The summed E-state index contributed by atoms with van der Waals surface area (Å²) in [4.78, 5) is 19.8. The van der Waals surface area contributed by atoms with E-state index in [0.29, 0.717) is 0 Å². The molecule has 0 atom stereocenters. The molecule has 0 unspecified atom stereocenters. The molecule has 88 valence electrons. The van der Waals surface area contributed by atoms with Gasteiger partial charge in [0.25, 0.3) is 0 Å². The summed E-state index contributed by atoms with van der Waals surface area (Å²) >= 11 is 0. The van der Waals surface area contributed by atoms with Crippen molar-refractivity contribution in [3.05, 3.63) is 0 Å². The maximum atomic E-state index is 9.90. The van der Waals surface area contributed by atoms with E-state index in [1.807, 2.05) is 0 Å². The van der Waals surface area contributed by atoms with Crippen molar-refractivity contribution in [2.24, 2.45) is 0 Å². The van der Waals surface area contributed by atoms with Crippen LogP contribution in [0.25, 0.3) is 0 Å². The predicted molar refractivity (Wildman–Crippen MR) is 49.3 cm³/mol. The minimum Gasteiger partial charge on any atom is -0.796 e. The van der Waals surface area contributed by atoms with Gasteiger partial charge in [0.2, 0.25) is 0 Å². The maximum Gasteiger partial charge on any atom is 2.00 e. The van der Waals surface area contributed by atoms with E-state index in [1.165, 1.54) is 0 Å². The molecule has 0 aliphatic rings. The Hall–Kier alpha value is 1.48. The SMILES string of the molecule is O=P([O-])(CO)CO.O=P([O-])(CO)CO.[Ca+2]. The maximum absolute atomic E-state index is 9.90. The molecule has 0 amide bonds. The van der Waals surface area contributed by atoms with E-state index < -0.39 is 40.1 Å². The van der Waals surface area contributed by atoms with E-state index >= 15 is 0 Å². The van der Waals surface area contributed by atoms with Gasteiger partial charge in [-0.1, -0.05) is 0 Å². The summed E-state index contributed by atoms with van der Waals surface area (Å²) in [7, 11) is -7.59. The summed E-state index contributed by atoms with van der Waals surface area (Å²) in [5.74, 6) is 0. The molecular weight excluding hydrogens is 278 g/mol. The molecule has 0 saturated carbocycles. The topological polar surface area (TPSA) is 161 Å². The second kappa shape index (κ2) is 10.6. The van der Waals surface area contributed by atoms with E-state index in [4.69, 9.17) is 20.4 Å². The van der Waals surface area contributed by atoms with Crippen molar-refractivity contribution in [2.45, 2.75) is 0 Å². The van der Waals surface area contributed by atoms with E-state index in [-0.39, 0.29) is 37.7 Å². The van der Waals surface area contributed by atoms with E-state index in [9.17, 15) is 18.9 Å². The van der Waals surface area contributed by atoms with Crippen molar-refractivity contribution < 1.29 is 39.3 Å². The smallest absolute Gasteiger partial charge is 0.796 e. The van der Waals surface area contributed by atoms with Crippen molar-refractivity contribution in [2.75, 3.05) is 25.4 Å². The van der Waals surface area contributed by atoms with Crippen LogP contribution in [0.1, 0.15) is 0 Å². The van der Waals surface area contributed by atoms with Gasteiger partial charge in [0.05, 0.1) is 40.1 Å². The Morgan fingerprint density at radius 1 is 0.733 bits per heavy atom. The number of aliphatic hydroxyl groups is 4. The van der Waals surface area contributed by atoms with Crippen molar-refractivity contribution in [1.82, 2.24) is 0 Å². The Kier molecular flexibility index (Phi) is 15.4. The molecule has 15 heavy (non-hydrogen) atoms. The first-order valence-electron chi connectivity index (χ1n) is 3.26. The van der Waals surface area contributed by atoms with Gasteiger partial charge >= 0.3 is 37.7 Å². The third-order valence-electron chi connectivity index (χ3n) is 0.862. The molecule has 0 aliphatic heterocycles. The van der Waals surface area contributed by atoms with E-state index in [1.54, 1.807) is 0 Å². The first-order chi connectivity index (χ1) is 6.24. The van der Waals surface area contributed by atoms with E-state index in [2.05, 4.69) is 0 Å². The van der Waals surface area contributed by atoms with Crippen molar-refractivity contribution in [1.29, 1.82) is 0 Å². The average molecular weight is 290 g/mol. The van der Waals surface area contributed by atoms with Crippen LogP contribution in [0.2, 0.25) is 0 Å². The third kappa shape index (κ3) is 15.5. The average Bonchev–Trinajstić information content (AvgIpc) is 2.19. The zero-order valence-corrected chi connectivity index (χ0v) is 11.8. The van der Waals surface area contributed by atoms with E-state index in [0.717, 1.165) is 0 Å². The second-order valence-electron chi connectivity index (χ2n) is 2.19. The van der Waals surface area contributed by atoms with Gasteiger partial charge in [0.1, 0.15) is 0 Å². The Morgan fingerprint density at radius 2 is 0.867 bits per heavy atom. The molecule has 0 spiro atoms. The molecule has 0 aromatic rings. The number of hydrogen-bond acceptors (Lipinski definition) is 8. The largest absolute Gasteiger partial charge is 2.00 e. The molecule has 11 heteroatoms. The summed E-state index contributed by atoms with van der Waals surface area (Å²) in [6, 6.07) is 0. The monoisotopic (exact) mass is 290 g/mol. The summed E-state index contributed by atoms with van der Waals surface area (Å²) in [6.45, 7) is 0. The molecule has 0 radical (unpaired) electrons. The first kappa shape index (κ1) is 21.7. The van der Waals surface area contributed by atoms with Crippen LogP contribution in [0.3, 0.4) is 0 Å². The molecule has 0 rings (SSSR count). The Bertz CT molecular complexity index is 193. The molecule has 0 bridgehead atoms. The third-order valence-corrected chi connectivity index (χ3v) is 2.59. The van der Waals surface area contributed by atoms with Gasteiger partial charge in [-0.15, -0.1) is 0 Å². The van der Waals surface area contributed by atoms with Crippen LogP contribution in [-0.4, -0.2) is 83.6 Å². The summed E-state index contributed by atoms with van der Waals surface area (Å²) in [5.41, 5.74) is 0. The van der Waals surface area contributed by atoms with Crippen molar-refractivity contribution in [3.8, 4) is 0 Å². The zero-order chi connectivity index (χ0) is 11.8. The van der Waals surface area contributed by atoms with Gasteiger partial charge in [0, 0.05) is 0 Å². The minimum absolute atomic E-state index is 0. The van der Waals surface area contributed by atoms with Crippen LogP contribution in [0.5, 0.6) is 0 Å². The molecule has 4 N–H and O–H groups in total. The van der Waals surface area contributed by atoms with Gasteiger partial charge in [-0.2, -0.15) is 0 Å². The fourth-order valence-electron chi connectivity index (χ4n) is 0.0894. The molecule has 0 heterocycles. The van der Waals surface area contributed by atoms with Crippen LogP contribution in [0.4, 0.5) is 0 Å². The molecule has 0 aromatic heterocycles.